The fourth-order valence-electron chi connectivity index (χ4n) is 4.34. The van der Waals surface area contributed by atoms with Crippen LogP contribution < -0.4 is 9.47 Å². The monoisotopic (exact) mass is 287 g/mol. The van der Waals surface area contributed by atoms with Crippen molar-refractivity contribution in [1.82, 2.24) is 4.90 Å². The average Bonchev–Trinajstić information content (AvgIpc) is 3.08. The number of benzene rings is 1. The first-order valence-electron chi connectivity index (χ1n) is 7.74. The Hall–Kier alpha value is -1.68. The molecule has 112 valence electrons. The number of ether oxygens (including phenoxy) is 2. The quantitative estimate of drug-likeness (QED) is 0.806. The van der Waals surface area contributed by atoms with Gasteiger partial charge in [-0.25, -0.2) is 0 Å². The predicted molar refractivity (Wildman–Crippen MR) is 80.0 cm³/mol. The molecular formula is C17H21NO3. The van der Waals surface area contributed by atoms with Crippen LogP contribution in [0.15, 0.2) is 24.5 Å². The lowest BCUT2D eigenvalue weighted by molar-refractivity contribution is 0.164. The molecule has 4 rings (SSSR count). The molecule has 1 aromatic rings. The minimum Gasteiger partial charge on any atom is -0.516 e. The van der Waals surface area contributed by atoms with Crippen molar-refractivity contribution in [3.05, 3.63) is 35.6 Å². The van der Waals surface area contributed by atoms with Gasteiger partial charge in [0.2, 0.25) is 6.79 Å². The molecule has 1 saturated heterocycles. The molecule has 0 spiro atoms. The molecule has 1 aromatic carbocycles. The standard InChI is InChI=1S/C17H21NO3/c1-12-14-10-16-15(20-11-21-16)9-13(14)3-7-18-6-2-4-17(12,18)5-8-19/h5,8-10,12,19H,2-4,6-7,11H2,1H3/b8-5-. The molecule has 0 amide bonds. The van der Waals surface area contributed by atoms with E-state index in [1.165, 1.54) is 23.8 Å². The molecule has 1 N–H and O–H groups in total. The molecule has 0 aromatic heterocycles. The first kappa shape index (κ1) is 13.0. The second kappa shape index (κ2) is 4.67. The van der Waals surface area contributed by atoms with Crippen molar-refractivity contribution < 1.29 is 14.6 Å². The molecule has 3 aliphatic heterocycles. The highest BCUT2D eigenvalue weighted by molar-refractivity contribution is 5.51. The summed E-state index contributed by atoms with van der Waals surface area (Å²) in [6.45, 7) is 4.72. The fourth-order valence-corrected chi connectivity index (χ4v) is 4.34. The third-order valence-electron chi connectivity index (χ3n) is 5.46. The first-order chi connectivity index (χ1) is 10.2. The zero-order chi connectivity index (χ0) is 14.4. The molecule has 21 heavy (non-hydrogen) atoms. The highest BCUT2D eigenvalue weighted by Gasteiger charge is 2.46. The summed E-state index contributed by atoms with van der Waals surface area (Å²) in [6.07, 6.45) is 6.53. The number of rotatable bonds is 1. The van der Waals surface area contributed by atoms with Gasteiger partial charge < -0.3 is 14.6 Å². The molecule has 2 unspecified atom stereocenters. The third kappa shape index (κ3) is 1.78. The number of hydrogen-bond donors (Lipinski definition) is 1. The largest absolute Gasteiger partial charge is 0.516 e. The number of aliphatic hydroxyl groups excluding tert-OH is 1. The van der Waals surface area contributed by atoms with Gasteiger partial charge in [0.1, 0.15) is 0 Å². The Morgan fingerprint density at radius 3 is 2.90 bits per heavy atom. The molecule has 0 radical (unpaired) electrons. The van der Waals surface area contributed by atoms with E-state index in [4.69, 9.17) is 9.47 Å². The van der Waals surface area contributed by atoms with Crippen molar-refractivity contribution in [2.24, 2.45) is 0 Å². The van der Waals surface area contributed by atoms with E-state index in [0.717, 1.165) is 37.4 Å². The Balaban J connectivity index is 1.84. The van der Waals surface area contributed by atoms with Crippen molar-refractivity contribution in [3.63, 3.8) is 0 Å². The minimum absolute atomic E-state index is 0.0618. The van der Waals surface area contributed by atoms with E-state index in [0.29, 0.717) is 12.7 Å². The van der Waals surface area contributed by atoms with Crippen LogP contribution in [0.4, 0.5) is 0 Å². The van der Waals surface area contributed by atoms with Gasteiger partial charge in [-0.1, -0.05) is 6.92 Å². The summed E-state index contributed by atoms with van der Waals surface area (Å²) in [7, 11) is 0. The highest BCUT2D eigenvalue weighted by atomic mass is 16.7. The summed E-state index contributed by atoms with van der Waals surface area (Å²) < 4.78 is 11.1. The molecule has 3 heterocycles. The van der Waals surface area contributed by atoms with Crippen LogP contribution in [0.2, 0.25) is 0 Å². The third-order valence-corrected chi connectivity index (χ3v) is 5.46. The van der Waals surface area contributed by atoms with Crippen molar-refractivity contribution in [1.29, 1.82) is 0 Å². The molecule has 4 heteroatoms. The maximum atomic E-state index is 9.42. The molecule has 0 bridgehead atoms. The zero-order valence-electron chi connectivity index (χ0n) is 12.3. The summed E-state index contributed by atoms with van der Waals surface area (Å²) in [6, 6.07) is 4.30. The zero-order valence-corrected chi connectivity index (χ0v) is 12.3. The van der Waals surface area contributed by atoms with Crippen molar-refractivity contribution >= 4 is 0 Å². The van der Waals surface area contributed by atoms with Crippen LogP contribution in [0.5, 0.6) is 11.5 Å². The van der Waals surface area contributed by atoms with Crippen LogP contribution in [-0.2, 0) is 6.42 Å². The molecular weight excluding hydrogens is 266 g/mol. The Kier molecular flexibility index (Phi) is 2.89. The van der Waals surface area contributed by atoms with E-state index < -0.39 is 0 Å². The van der Waals surface area contributed by atoms with Crippen molar-refractivity contribution in [3.8, 4) is 11.5 Å². The smallest absolute Gasteiger partial charge is 0.231 e. The van der Waals surface area contributed by atoms with Crippen LogP contribution in [0.1, 0.15) is 36.8 Å². The predicted octanol–water partition coefficient (Wildman–Crippen LogP) is 2.98. The van der Waals surface area contributed by atoms with E-state index in [9.17, 15) is 5.11 Å². The van der Waals surface area contributed by atoms with Gasteiger partial charge >= 0.3 is 0 Å². The SMILES string of the molecule is CC1c2cc3c(cc2CCN2CCCC12/C=C\O)OCO3. The van der Waals surface area contributed by atoms with Gasteiger partial charge in [-0.15, -0.1) is 0 Å². The van der Waals surface area contributed by atoms with E-state index in [-0.39, 0.29) is 5.54 Å². The molecule has 3 aliphatic rings. The van der Waals surface area contributed by atoms with Gasteiger partial charge in [0.05, 0.1) is 6.26 Å². The first-order valence-corrected chi connectivity index (χ1v) is 7.74. The summed E-state index contributed by atoms with van der Waals surface area (Å²) in [5, 5.41) is 9.42. The highest BCUT2D eigenvalue weighted by Crippen LogP contribution is 2.48. The Morgan fingerprint density at radius 1 is 1.29 bits per heavy atom. The lowest BCUT2D eigenvalue weighted by atomic mass is 9.77. The van der Waals surface area contributed by atoms with E-state index >= 15 is 0 Å². The van der Waals surface area contributed by atoms with Crippen molar-refractivity contribution in [2.45, 2.75) is 37.6 Å². The molecule has 0 aliphatic carbocycles. The Bertz CT molecular complexity index is 598. The normalized spacial score (nSPS) is 31.2. The lowest BCUT2D eigenvalue weighted by Crippen LogP contribution is -2.45. The van der Waals surface area contributed by atoms with Gasteiger partial charge in [-0.05, 0) is 55.1 Å². The van der Waals surface area contributed by atoms with Crippen LogP contribution in [0.3, 0.4) is 0 Å². The molecule has 1 fully saturated rings. The number of fused-ring (bicyclic) bond motifs is 3. The Morgan fingerprint density at radius 2 is 2.10 bits per heavy atom. The van der Waals surface area contributed by atoms with Gasteiger partial charge in [0, 0.05) is 18.0 Å². The topological polar surface area (TPSA) is 41.9 Å². The number of aliphatic hydroxyl groups is 1. The summed E-state index contributed by atoms with van der Waals surface area (Å²) in [4.78, 5) is 2.53. The second-order valence-electron chi connectivity index (χ2n) is 6.27. The summed E-state index contributed by atoms with van der Waals surface area (Å²) >= 11 is 0. The number of nitrogens with zero attached hydrogens (tertiary/aromatic N) is 1. The minimum atomic E-state index is -0.0618. The van der Waals surface area contributed by atoms with E-state index in [2.05, 4.69) is 24.0 Å². The second-order valence-corrected chi connectivity index (χ2v) is 6.27. The molecule has 4 nitrogen and oxygen atoms in total. The maximum absolute atomic E-state index is 9.42. The lowest BCUT2D eigenvalue weighted by Gasteiger charge is -2.39. The Labute approximate surface area is 125 Å². The van der Waals surface area contributed by atoms with Crippen LogP contribution in [0.25, 0.3) is 0 Å². The van der Waals surface area contributed by atoms with E-state index in [1.54, 1.807) is 0 Å². The summed E-state index contributed by atoms with van der Waals surface area (Å²) in [5.74, 6) is 2.06. The molecule has 0 saturated carbocycles. The fraction of sp³-hybridized carbons (Fsp3) is 0.529. The molecule has 2 atom stereocenters. The van der Waals surface area contributed by atoms with Gasteiger partial charge in [-0.2, -0.15) is 0 Å². The summed E-state index contributed by atoms with van der Waals surface area (Å²) in [5.41, 5.74) is 2.63. The van der Waals surface area contributed by atoms with Gasteiger partial charge in [0.15, 0.2) is 11.5 Å². The van der Waals surface area contributed by atoms with Crippen molar-refractivity contribution in [2.75, 3.05) is 19.9 Å². The van der Waals surface area contributed by atoms with E-state index in [1.807, 2.05) is 6.08 Å². The average molecular weight is 287 g/mol. The maximum Gasteiger partial charge on any atom is 0.231 e. The van der Waals surface area contributed by atoms with Crippen LogP contribution >= 0.6 is 0 Å². The van der Waals surface area contributed by atoms with Crippen LogP contribution in [0, 0.1) is 0 Å². The number of hydrogen-bond acceptors (Lipinski definition) is 4. The van der Waals surface area contributed by atoms with Gasteiger partial charge in [0.25, 0.3) is 0 Å². The van der Waals surface area contributed by atoms with Gasteiger partial charge in [-0.3, -0.25) is 4.90 Å². The van der Waals surface area contributed by atoms with Crippen LogP contribution in [-0.4, -0.2) is 35.4 Å².